The van der Waals surface area contributed by atoms with Gasteiger partial charge in [0, 0.05) is 0 Å². The third-order valence-corrected chi connectivity index (χ3v) is 4.00. The fraction of sp³-hybridized carbons (Fsp3) is 0.381. The van der Waals surface area contributed by atoms with Crippen LogP contribution in [0.2, 0.25) is 0 Å². The van der Waals surface area contributed by atoms with Gasteiger partial charge in [0.05, 0.1) is 25.7 Å². The van der Waals surface area contributed by atoms with Gasteiger partial charge in [0.15, 0.2) is 0 Å². The average Bonchev–Trinajstić information content (AvgIpc) is 2.59. The Morgan fingerprint density at radius 2 is 1.80 bits per heavy atom. The summed E-state index contributed by atoms with van der Waals surface area (Å²) in [5.41, 5.74) is 3.27. The van der Waals surface area contributed by atoms with E-state index in [2.05, 4.69) is 5.32 Å². The molecule has 1 amide bonds. The molecule has 2 aromatic rings. The molecule has 0 fully saturated rings. The van der Waals surface area contributed by atoms with Crippen LogP contribution in [0.15, 0.2) is 42.5 Å². The highest BCUT2D eigenvalue weighted by Crippen LogP contribution is 2.20. The third kappa shape index (κ3) is 5.82. The lowest BCUT2D eigenvalue weighted by molar-refractivity contribution is -0.122. The van der Waals surface area contributed by atoms with Crippen molar-refractivity contribution in [2.75, 3.05) is 13.2 Å². The van der Waals surface area contributed by atoms with Crippen molar-refractivity contribution in [3.8, 4) is 11.5 Å². The quantitative estimate of drug-likeness (QED) is 0.776. The average molecular weight is 341 g/mol. The lowest BCUT2D eigenvalue weighted by Gasteiger charge is -2.15. The van der Waals surface area contributed by atoms with Gasteiger partial charge in [0.2, 0.25) is 5.91 Å². The molecule has 4 heteroatoms. The first kappa shape index (κ1) is 18.8. The Morgan fingerprint density at radius 3 is 2.48 bits per heavy atom. The van der Waals surface area contributed by atoms with Gasteiger partial charge in [-0.3, -0.25) is 4.79 Å². The Morgan fingerprint density at radius 1 is 1.08 bits per heavy atom. The van der Waals surface area contributed by atoms with E-state index in [1.54, 1.807) is 0 Å². The zero-order valence-electron chi connectivity index (χ0n) is 15.5. The van der Waals surface area contributed by atoms with Crippen LogP contribution in [-0.2, 0) is 4.79 Å². The van der Waals surface area contributed by atoms with Crippen LogP contribution < -0.4 is 14.8 Å². The summed E-state index contributed by atoms with van der Waals surface area (Å²) in [4.78, 5) is 12.1. The number of rotatable bonds is 8. The fourth-order valence-corrected chi connectivity index (χ4v) is 2.53. The molecule has 4 nitrogen and oxygen atoms in total. The van der Waals surface area contributed by atoms with Gasteiger partial charge in [-0.2, -0.15) is 0 Å². The maximum Gasteiger partial charge on any atom is 0.223 e. The molecule has 0 saturated heterocycles. The molecule has 1 atom stereocenters. The number of ether oxygens (including phenoxy) is 2. The van der Waals surface area contributed by atoms with Crippen molar-refractivity contribution in [3.05, 3.63) is 59.2 Å². The van der Waals surface area contributed by atoms with E-state index in [1.807, 2.05) is 70.2 Å². The standard InChI is InChI=1S/C21H27NO3/c1-5-24-19-10-8-18(9-11-19)17(4)22-21(23)12-13-25-20-14-15(2)6-7-16(20)3/h6-11,14,17H,5,12-13H2,1-4H3,(H,22,23). The third-order valence-electron chi connectivity index (χ3n) is 4.00. The number of carbonyl (C=O) groups is 1. The summed E-state index contributed by atoms with van der Waals surface area (Å²) < 4.78 is 11.2. The highest BCUT2D eigenvalue weighted by molar-refractivity contribution is 5.76. The molecule has 2 aromatic carbocycles. The molecule has 0 aliphatic carbocycles. The number of nitrogens with one attached hydrogen (secondary N) is 1. The number of amides is 1. The van der Waals surface area contributed by atoms with E-state index >= 15 is 0 Å². The van der Waals surface area contributed by atoms with Crippen molar-refractivity contribution in [2.24, 2.45) is 0 Å². The van der Waals surface area contributed by atoms with E-state index in [0.29, 0.717) is 19.6 Å². The Balaban J connectivity index is 1.80. The normalized spacial score (nSPS) is 11.7. The number of hydrogen-bond acceptors (Lipinski definition) is 3. The van der Waals surface area contributed by atoms with Crippen molar-refractivity contribution in [3.63, 3.8) is 0 Å². The van der Waals surface area contributed by atoms with E-state index in [0.717, 1.165) is 28.2 Å². The summed E-state index contributed by atoms with van der Waals surface area (Å²) in [5, 5.41) is 3.00. The van der Waals surface area contributed by atoms with Crippen LogP contribution in [0, 0.1) is 13.8 Å². The smallest absolute Gasteiger partial charge is 0.223 e. The van der Waals surface area contributed by atoms with E-state index in [-0.39, 0.29) is 11.9 Å². The first-order valence-corrected chi connectivity index (χ1v) is 8.71. The Labute approximate surface area is 150 Å². The highest BCUT2D eigenvalue weighted by atomic mass is 16.5. The molecule has 0 saturated carbocycles. The molecule has 0 bridgehead atoms. The summed E-state index contributed by atoms with van der Waals surface area (Å²) in [5.74, 6) is 1.66. The molecule has 2 rings (SSSR count). The Bertz CT molecular complexity index is 695. The zero-order chi connectivity index (χ0) is 18.2. The second-order valence-electron chi connectivity index (χ2n) is 6.16. The van der Waals surface area contributed by atoms with Gasteiger partial charge in [-0.05, 0) is 62.6 Å². The molecule has 0 spiro atoms. The number of hydrogen-bond donors (Lipinski definition) is 1. The topological polar surface area (TPSA) is 47.6 Å². The predicted molar refractivity (Wildman–Crippen MR) is 100 cm³/mol. The molecule has 0 radical (unpaired) electrons. The molecule has 0 aromatic heterocycles. The van der Waals surface area contributed by atoms with Crippen molar-refractivity contribution in [2.45, 2.75) is 40.2 Å². The van der Waals surface area contributed by atoms with Gasteiger partial charge < -0.3 is 14.8 Å². The van der Waals surface area contributed by atoms with E-state index in [4.69, 9.17) is 9.47 Å². The highest BCUT2D eigenvalue weighted by Gasteiger charge is 2.10. The van der Waals surface area contributed by atoms with Crippen LogP contribution in [0.1, 0.15) is 43.0 Å². The monoisotopic (exact) mass is 341 g/mol. The minimum Gasteiger partial charge on any atom is -0.494 e. The fourth-order valence-electron chi connectivity index (χ4n) is 2.53. The van der Waals surface area contributed by atoms with Crippen molar-refractivity contribution >= 4 is 5.91 Å². The summed E-state index contributed by atoms with van der Waals surface area (Å²) in [6.07, 6.45) is 0.328. The second kappa shape index (κ2) is 9.11. The molecule has 1 N–H and O–H groups in total. The minimum absolute atomic E-state index is 0.0216. The molecular formula is C21H27NO3. The molecule has 0 aliphatic heterocycles. The number of aryl methyl sites for hydroxylation is 2. The van der Waals surface area contributed by atoms with Gasteiger partial charge in [-0.1, -0.05) is 24.3 Å². The molecule has 1 unspecified atom stereocenters. The van der Waals surface area contributed by atoms with Crippen LogP contribution in [0.3, 0.4) is 0 Å². The molecule has 25 heavy (non-hydrogen) atoms. The second-order valence-corrected chi connectivity index (χ2v) is 6.16. The van der Waals surface area contributed by atoms with Crippen LogP contribution in [0.4, 0.5) is 0 Å². The first-order valence-electron chi connectivity index (χ1n) is 8.71. The summed E-state index contributed by atoms with van der Waals surface area (Å²) in [6, 6.07) is 13.8. The summed E-state index contributed by atoms with van der Waals surface area (Å²) in [7, 11) is 0. The lowest BCUT2D eigenvalue weighted by atomic mass is 10.1. The first-order chi connectivity index (χ1) is 12.0. The summed E-state index contributed by atoms with van der Waals surface area (Å²) in [6.45, 7) is 8.97. The van der Waals surface area contributed by atoms with Crippen molar-refractivity contribution < 1.29 is 14.3 Å². The predicted octanol–water partition coefficient (Wildman–Crippen LogP) is 4.35. The largest absolute Gasteiger partial charge is 0.494 e. The van der Waals surface area contributed by atoms with Crippen molar-refractivity contribution in [1.29, 1.82) is 0 Å². The molecular weight excluding hydrogens is 314 g/mol. The van der Waals surface area contributed by atoms with Crippen LogP contribution in [0.25, 0.3) is 0 Å². The van der Waals surface area contributed by atoms with Gasteiger partial charge in [-0.25, -0.2) is 0 Å². The van der Waals surface area contributed by atoms with Crippen LogP contribution in [-0.4, -0.2) is 19.1 Å². The molecule has 0 aliphatic rings. The number of carbonyl (C=O) groups excluding carboxylic acids is 1. The molecule has 0 heterocycles. The van der Waals surface area contributed by atoms with E-state index < -0.39 is 0 Å². The zero-order valence-corrected chi connectivity index (χ0v) is 15.5. The van der Waals surface area contributed by atoms with Gasteiger partial charge in [0.25, 0.3) is 0 Å². The Hall–Kier alpha value is -2.49. The van der Waals surface area contributed by atoms with Gasteiger partial charge in [-0.15, -0.1) is 0 Å². The van der Waals surface area contributed by atoms with Gasteiger partial charge >= 0.3 is 0 Å². The molecule has 134 valence electrons. The Kier molecular flexibility index (Phi) is 6.87. The summed E-state index contributed by atoms with van der Waals surface area (Å²) >= 11 is 0. The minimum atomic E-state index is -0.0520. The van der Waals surface area contributed by atoms with E-state index in [1.165, 1.54) is 0 Å². The maximum atomic E-state index is 12.1. The van der Waals surface area contributed by atoms with Crippen molar-refractivity contribution in [1.82, 2.24) is 5.32 Å². The lowest BCUT2D eigenvalue weighted by Crippen LogP contribution is -2.27. The number of benzene rings is 2. The van der Waals surface area contributed by atoms with Crippen LogP contribution >= 0.6 is 0 Å². The van der Waals surface area contributed by atoms with E-state index in [9.17, 15) is 4.79 Å². The maximum absolute atomic E-state index is 12.1. The SMILES string of the molecule is CCOc1ccc(C(C)NC(=O)CCOc2cc(C)ccc2C)cc1. The van der Waals surface area contributed by atoms with Crippen LogP contribution in [0.5, 0.6) is 11.5 Å². The van der Waals surface area contributed by atoms with Gasteiger partial charge in [0.1, 0.15) is 11.5 Å².